The van der Waals surface area contributed by atoms with E-state index in [1.165, 1.54) is 25.3 Å². The quantitative estimate of drug-likeness (QED) is 0.573. The minimum Gasteiger partial charge on any atom is -0.495 e. The number of halogens is 1. The zero-order valence-electron chi connectivity index (χ0n) is 16.2. The molecule has 31 heavy (non-hydrogen) atoms. The molecule has 0 radical (unpaired) electrons. The Morgan fingerprint density at radius 1 is 1.03 bits per heavy atom. The lowest BCUT2D eigenvalue weighted by molar-refractivity contribution is 0.102. The first-order valence-corrected chi connectivity index (χ1v) is 10.9. The smallest absolute Gasteiger partial charge is 0.263 e. The van der Waals surface area contributed by atoms with Crippen LogP contribution in [0.2, 0.25) is 5.02 Å². The number of hydrogen-bond donors (Lipinski definition) is 2. The Balaban J connectivity index is 1.59. The van der Waals surface area contributed by atoms with Crippen molar-refractivity contribution in [2.24, 2.45) is 0 Å². The number of anilines is 2. The molecule has 3 aromatic carbocycles. The summed E-state index contributed by atoms with van der Waals surface area (Å²) in [5.41, 5.74) is 0.833. The lowest BCUT2D eigenvalue weighted by Crippen LogP contribution is -2.17. The van der Waals surface area contributed by atoms with Crippen molar-refractivity contribution in [3.05, 3.63) is 71.2 Å². The molecule has 1 heterocycles. The Kier molecular flexibility index (Phi) is 5.62. The van der Waals surface area contributed by atoms with Gasteiger partial charge in [-0.3, -0.25) is 9.52 Å². The van der Waals surface area contributed by atoms with Gasteiger partial charge in [-0.05, 0) is 42.5 Å². The highest BCUT2D eigenvalue weighted by Crippen LogP contribution is 2.34. The Morgan fingerprint density at radius 3 is 2.61 bits per heavy atom. The maximum Gasteiger partial charge on any atom is 0.263 e. The maximum absolute atomic E-state index is 12.9. The van der Waals surface area contributed by atoms with Crippen molar-refractivity contribution in [2.45, 2.75) is 4.90 Å². The molecular formula is C21H17ClN2O6S. The Hall–Kier alpha value is -3.43. The van der Waals surface area contributed by atoms with Crippen LogP contribution >= 0.6 is 11.6 Å². The van der Waals surface area contributed by atoms with E-state index in [1.54, 1.807) is 42.5 Å². The molecule has 0 atom stereocenters. The largest absolute Gasteiger partial charge is 0.495 e. The van der Waals surface area contributed by atoms with Gasteiger partial charge in [0.15, 0.2) is 11.5 Å². The zero-order valence-corrected chi connectivity index (χ0v) is 17.8. The van der Waals surface area contributed by atoms with Crippen molar-refractivity contribution >= 4 is 38.9 Å². The van der Waals surface area contributed by atoms with Crippen LogP contribution in [0.25, 0.3) is 0 Å². The van der Waals surface area contributed by atoms with Gasteiger partial charge in [0.1, 0.15) is 10.6 Å². The third kappa shape index (κ3) is 4.37. The highest BCUT2D eigenvalue weighted by atomic mass is 35.5. The van der Waals surface area contributed by atoms with Crippen LogP contribution < -0.4 is 24.2 Å². The molecule has 0 fully saturated rings. The number of hydrogen-bond acceptors (Lipinski definition) is 6. The van der Waals surface area contributed by atoms with Gasteiger partial charge < -0.3 is 19.5 Å². The van der Waals surface area contributed by atoms with E-state index in [0.717, 1.165) is 0 Å². The molecule has 0 unspecified atom stereocenters. The first kappa shape index (κ1) is 20.8. The number of carbonyl (C=O) groups excluding carboxylic acids is 1. The lowest BCUT2D eigenvalue weighted by atomic mass is 10.2. The van der Waals surface area contributed by atoms with E-state index in [2.05, 4.69) is 10.0 Å². The van der Waals surface area contributed by atoms with E-state index >= 15 is 0 Å². The monoisotopic (exact) mass is 460 g/mol. The van der Waals surface area contributed by atoms with Crippen LogP contribution in [0, 0.1) is 0 Å². The minimum atomic E-state index is -4.09. The van der Waals surface area contributed by atoms with Gasteiger partial charge in [0.2, 0.25) is 6.79 Å². The van der Waals surface area contributed by atoms with Crippen molar-refractivity contribution in [3.8, 4) is 17.2 Å². The fourth-order valence-corrected chi connectivity index (χ4v) is 4.55. The molecule has 1 aliphatic rings. The number of ether oxygens (including phenoxy) is 3. The predicted octanol–water partition coefficient (Wildman–Crippen LogP) is 4.13. The predicted molar refractivity (Wildman–Crippen MR) is 116 cm³/mol. The third-order valence-corrected chi connectivity index (χ3v) is 6.31. The molecule has 160 valence electrons. The second-order valence-electron chi connectivity index (χ2n) is 6.47. The number of carbonyl (C=O) groups is 1. The minimum absolute atomic E-state index is 0.0259. The topological polar surface area (TPSA) is 103 Å². The molecule has 8 nitrogen and oxygen atoms in total. The Morgan fingerprint density at radius 2 is 1.81 bits per heavy atom. The maximum atomic E-state index is 12.9. The Labute approximate surface area is 183 Å². The molecule has 2 N–H and O–H groups in total. The van der Waals surface area contributed by atoms with E-state index in [-0.39, 0.29) is 28.0 Å². The number of amides is 1. The van der Waals surface area contributed by atoms with Gasteiger partial charge in [0.25, 0.3) is 15.9 Å². The van der Waals surface area contributed by atoms with E-state index in [9.17, 15) is 13.2 Å². The standard InChI is InChI=1S/C21H17ClN2O6S/c1-28-17-5-3-2-4-16(17)24-31(26,27)20-10-13(6-8-15(20)22)21(25)23-14-7-9-18-19(11-14)30-12-29-18/h2-11,24H,12H2,1H3,(H,23,25). The average molecular weight is 461 g/mol. The first-order chi connectivity index (χ1) is 14.9. The Bertz CT molecular complexity index is 1260. The summed E-state index contributed by atoms with van der Waals surface area (Å²) in [6.45, 7) is 0.115. The zero-order chi connectivity index (χ0) is 22.0. The third-order valence-electron chi connectivity index (χ3n) is 4.46. The van der Waals surface area contributed by atoms with E-state index in [4.69, 9.17) is 25.8 Å². The van der Waals surface area contributed by atoms with Gasteiger partial charge in [-0.1, -0.05) is 23.7 Å². The first-order valence-electron chi connectivity index (χ1n) is 9.04. The molecular weight excluding hydrogens is 444 g/mol. The fraction of sp³-hybridized carbons (Fsp3) is 0.0952. The number of nitrogens with one attached hydrogen (secondary N) is 2. The molecule has 0 spiro atoms. The second kappa shape index (κ2) is 8.37. The van der Waals surface area contributed by atoms with Gasteiger partial charge in [-0.2, -0.15) is 0 Å². The van der Waals surface area contributed by atoms with Crippen molar-refractivity contribution in [2.75, 3.05) is 23.9 Å². The van der Waals surface area contributed by atoms with Gasteiger partial charge in [-0.15, -0.1) is 0 Å². The lowest BCUT2D eigenvalue weighted by Gasteiger charge is -2.13. The number of fused-ring (bicyclic) bond motifs is 1. The van der Waals surface area contributed by atoms with Gasteiger partial charge in [0, 0.05) is 17.3 Å². The van der Waals surface area contributed by atoms with Crippen molar-refractivity contribution in [3.63, 3.8) is 0 Å². The summed E-state index contributed by atoms with van der Waals surface area (Å²) < 4.78 is 44.0. The summed E-state index contributed by atoms with van der Waals surface area (Å²) in [5, 5.41) is 2.68. The van der Waals surface area contributed by atoms with Crippen LogP contribution in [0.3, 0.4) is 0 Å². The molecule has 4 rings (SSSR count). The summed E-state index contributed by atoms with van der Waals surface area (Å²) in [4.78, 5) is 12.5. The number of para-hydroxylation sites is 2. The van der Waals surface area contributed by atoms with Crippen LogP contribution in [0.4, 0.5) is 11.4 Å². The van der Waals surface area contributed by atoms with E-state index in [0.29, 0.717) is 22.9 Å². The molecule has 1 aliphatic heterocycles. The second-order valence-corrected chi connectivity index (χ2v) is 8.53. The van der Waals surface area contributed by atoms with Crippen molar-refractivity contribution < 1.29 is 27.4 Å². The summed E-state index contributed by atoms with van der Waals surface area (Å²) in [7, 11) is -2.66. The van der Waals surface area contributed by atoms with Crippen LogP contribution in [-0.4, -0.2) is 28.2 Å². The van der Waals surface area contributed by atoms with Gasteiger partial charge >= 0.3 is 0 Å². The van der Waals surface area contributed by atoms with Crippen LogP contribution in [0.1, 0.15) is 10.4 Å². The summed E-state index contributed by atoms with van der Waals surface area (Å²) in [5.74, 6) is 0.932. The summed E-state index contributed by atoms with van der Waals surface area (Å²) in [6.07, 6.45) is 0. The molecule has 0 saturated carbocycles. The van der Waals surface area contributed by atoms with Gasteiger partial charge in [-0.25, -0.2) is 8.42 Å². The number of methoxy groups -OCH3 is 1. The molecule has 10 heteroatoms. The SMILES string of the molecule is COc1ccccc1NS(=O)(=O)c1cc(C(=O)Nc2ccc3c(c2)OCO3)ccc1Cl. The average Bonchev–Trinajstić information content (AvgIpc) is 3.22. The molecule has 1 amide bonds. The van der Waals surface area contributed by atoms with Gasteiger partial charge in [0.05, 0.1) is 17.8 Å². The number of benzene rings is 3. The number of rotatable bonds is 6. The number of sulfonamides is 1. The molecule has 0 aromatic heterocycles. The highest BCUT2D eigenvalue weighted by molar-refractivity contribution is 7.92. The highest BCUT2D eigenvalue weighted by Gasteiger charge is 2.22. The van der Waals surface area contributed by atoms with E-state index < -0.39 is 15.9 Å². The molecule has 0 saturated heterocycles. The van der Waals surface area contributed by atoms with Crippen LogP contribution in [0.5, 0.6) is 17.2 Å². The van der Waals surface area contributed by atoms with Crippen LogP contribution in [-0.2, 0) is 10.0 Å². The summed E-state index contributed by atoms with van der Waals surface area (Å²) >= 11 is 6.14. The van der Waals surface area contributed by atoms with Crippen molar-refractivity contribution in [1.82, 2.24) is 0 Å². The summed E-state index contributed by atoms with van der Waals surface area (Å²) in [6, 6.07) is 15.5. The van der Waals surface area contributed by atoms with Crippen LogP contribution in [0.15, 0.2) is 65.6 Å². The normalized spacial score (nSPS) is 12.3. The molecule has 0 bridgehead atoms. The molecule has 3 aromatic rings. The van der Waals surface area contributed by atoms with Crippen molar-refractivity contribution in [1.29, 1.82) is 0 Å². The molecule has 0 aliphatic carbocycles. The van der Waals surface area contributed by atoms with E-state index in [1.807, 2.05) is 0 Å². The fourth-order valence-electron chi connectivity index (χ4n) is 2.96.